The second-order valence-corrected chi connectivity index (χ2v) is 10.2. The topological polar surface area (TPSA) is 64.3 Å². The summed E-state index contributed by atoms with van der Waals surface area (Å²) in [5.41, 5.74) is 2.31. The molecule has 4 rings (SSSR count). The monoisotopic (exact) mass is 489 g/mol. The number of aromatic amines is 1. The molecule has 2 N–H and O–H groups in total. The number of hydrogen-bond donors (Lipinski definition) is 2. The number of alkyl halides is 2. The van der Waals surface area contributed by atoms with Crippen molar-refractivity contribution >= 4 is 33.3 Å². The van der Waals surface area contributed by atoms with Gasteiger partial charge in [-0.3, -0.25) is 9.69 Å². The average Bonchev–Trinajstić information content (AvgIpc) is 3.45. The summed E-state index contributed by atoms with van der Waals surface area (Å²) in [5.74, 6) is -2.79. The van der Waals surface area contributed by atoms with E-state index in [2.05, 4.69) is 39.2 Å². The van der Waals surface area contributed by atoms with Gasteiger partial charge >= 0.3 is 0 Å². The van der Waals surface area contributed by atoms with Gasteiger partial charge in [-0.15, -0.1) is 0 Å². The van der Waals surface area contributed by atoms with Crippen molar-refractivity contribution in [3.05, 3.63) is 47.1 Å². The first-order valence-corrected chi connectivity index (χ1v) is 12.8. The number of hydrogen-bond acceptors (Lipinski definition) is 5. The van der Waals surface area contributed by atoms with Gasteiger partial charge in [0, 0.05) is 56.2 Å². The Morgan fingerprint density at radius 1 is 1.26 bits per heavy atom. The summed E-state index contributed by atoms with van der Waals surface area (Å²) < 4.78 is 26.6. The van der Waals surface area contributed by atoms with Crippen LogP contribution in [-0.2, 0) is 6.42 Å². The van der Waals surface area contributed by atoms with Crippen LogP contribution in [0, 0.1) is 0 Å². The molecule has 0 radical (unpaired) electrons. The van der Waals surface area contributed by atoms with E-state index in [1.165, 1.54) is 22.3 Å². The number of H-pyrrole nitrogens is 1. The molecule has 9 heteroatoms. The molecule has 0 aliphatic carbocycles. The number of anilines is 1. The van der Waals surface area contributed by atoms with Gasteiger partial charge in [0.15, 0.2) is 5.13 Å². The first-order chi connectivity index (χ1) is 16.3. The van der Waals surface area contributed by atoms with E-state index in [0.717, 1.165) is 43.3 Å². The van der Waals surface area contributed by atoms with Gasteiger partial charge in [-0.05, 0) is 24.5 Å². The number of carbonyl (C=O) groups excluding carboxylic acids is 1. The van der Waals surface area contributed by atoms with Gasteiger partial charge in [-0.25, -0.2) is 13.8 Å². The van der Waals surface area contributed by atoms with Crippen molar-refractivity contribution in [2.45, 2.75) is 51.5 Å². The molecule has 0 saturated carbocycles. The molecule has 1 aromatic carbocycles. The summed E-state index contributed by atoms with van der Waals surface area (Å²) in [6.45, 7) is 5.28. The largest absolute Gasteiger partial charge is 0.361 e. The second kappa shape index (κ2) is 10.8. The molecule has 3 aromatic rings. The number of benzene rings is 1. The van der Waals surface area contributed by atoms with Crippen molar-refractivity contribution in [2.75, 3.05) is 37.6 Å². The minimum Gasteiger partial charge on any atom is -0.361 e. The number of fused-ring (bicyclic) bond motifs is 1. The Balaban J connectivity index is 1.37. The Labute approximate surface area is 203 Å². The maximum Gasteiger partial charge on any atom is 0.263 e. The third-order valence-electron chi connectivity index (χ3n) is 6.24. The zero-order valence-electron chi connectivity index (χ0n) is 19.8. The quantitative estimate of drug-likeness (QED) is 0.424. The maximum atomic E-state index is 13.3. The minimum absolute atomic E-state index is 0.0384. The molecule has 3 heterocycles. The van der Waals surface area contributed by atoms with Gasteiger partial charge in [0.1, 0.15) is 4.88 Å². The zero-order chi connectivity index (χ0) is 24.1. The van der Waals surface area contributed by atoms with E-state index in [-0.39, 0.29) is 18.5 Å². The summed E-state index contributed by atoms with van der Waals surface area (Å²) in [5, 5.41) is 5.19. The Hall–Kier alpha value is -2.52. The molecule has 0 bridgehead atoms. The molecule has 1 aliphatic rings. The fourth-order valence-corrected chi connectivity index (χ4v) is 5.38. The number of para-hydroxylation sites is 1. The SMILES string of the molecule is CCCCC(Cc1c[nH]c2ccccc12)NC(=O)c1cnc(N2CCN(CC(C)(F)F)CC2)s1. The number of piperazine rings is 1. The van der Waals surface area contributed by atoms with Crippen LogP contribution < -0.4 is 10.2 Å². The number of nitrogens with one attached hydrogen (secondary N) is 2. The predicted octanol–water partition coefficient (Wildman–Crippen LogP) is 4.93. The highest BCUT2D eigenvalue weighted by Crippen LogP contribution is 2.25. The standard InChI is InChI=1S/C25H33F2N5OS/c1-3-4-7-19(14-18-15-28-21-9-6-5-8-20(18)21)30-23(33)22-16-29-24(34-22)32-12-10-31(11-13-32)17-25(2,26)27/h5-6,8-9,15-16,19,28H,3-4,7,10-14,17H2,1-2H3,(H,30,33). The van der Waals surface area contributed by atoms with Crippen LogP contribution in [-0.4, -0.2) is 65.5 Å². The van der Waals surface area contributed by atoms with Gasteiger partial charge in [0.05, 0.1) is 12.7 Å². The number of aromatic nitrogens is 2. The van der Waals surface area contributed by atoms with Crippen LogP contribution >= 0.6 is 11.3 Å². The molecule has 6 nitrogen and oxygen atoms in total. The molecule has 1 aliphatic heterocycles. The van der Waals surface area contributed by atoms with Gasteiger partial charge in [0.25, 0.3) is 11.8 Å². The molecular formula is C25H33F2N5OS. The Kier molecular flexibility index (Phi) is 7.83. The third kappa shape index (κ3) is 6.33. The number of thiazole rings is 1. The van der Waals surface area contributed by atoms with Crippen molar-refractivity contribution in [3.8, 4) is 0 Å². The van der Waals surface area contributed by atoms with E-state index in [1.807, 2.05) is 18.3 Å². The molecule has 184 valence electrons. The minimum atomic E-state index is -2.68. The fraction of sp³-hybridized carbons (Fsp3) is 0.520. The first-order valence-electron chi connectivity index (χ1n) is 12.0. The Bertz CT molecular complexity index is 1080. The molecule has 1 atom stereocenters. The van der Waals surface area contributed by atoms with Crippen LogP contribution in [0.15, 0.2) is 36.7 Å². The normalized spacial score (nSPS) is 16.2. The lowest BCUT2D eigenvalue weighted by Gasteiger charge is -2.35. The Morgan fingerprint density at radius 3 is 2.76 bits per heavy atom. The van der Waals surface area contributed by atoms with E-state index in [4.69, 9.17) is 0 Å². The lowest BCUT2D eigenvalue weighted by molar-refractivity contribution is -0.0155. The van der Waals surface area contributed by atoms with Crippen molar-refractivity contribution in [1.82, 2.24) is 20.2 Å². The van der Waals surface area contributed by atoms with Gasteiger partial charge in [-0.2, -0.15) is 0 Å². The summed E-state index contributed by atoms with van der Waals surface area (Å²) in [4.78, 5) is 25.3. The van der Waals surface area contributed by atoms with Crippen molar-refractivity contribution in [3.63, 3.8) is 0 Å². The highest BCUT2D eigenvalue weighted by Gasteiger charge is 2.28. The average molecular weight is 490 g/mol. The van der Waals surface area contributed by atoms with Gasteiger partial charge in [0.2, 0.25) is 0 Å². The molecule has 1 saturated heterocycles. The molecular weight excluding hydrogens is 456 g/mol. The number of unbranched alkanes of at least 4 members (excludes halogenated alkanes) is 1. The summed E-state index contributed by atoms with van der Waals surface area (Å²) in [6.07, 6.45) is 7.46. The van der Waals surface area contributed by atoms with E-state index < -0.39 is 5.92 Å². The van der Waals surface area contributed by atoms with Crippen molar-refractivity contribution in [2.24, 2.45) is 0 Å². The molecule has 34 heavy (non-hydrogen) atoms. The molecule has 1 fully saturated rings. The number of carbonyl (C=O) groups is 1. The summed E-state index contributed by atoms with van der Waals surface area (Å²) >= 11 is 1.37. The zero-order valence-corrected chi connectivity index (χ0v) is 20.6. The first kappa shape index (κ1) is 24.6. The predicted molar refractivity (Wildman–Crippen MR) is 134 cm³/mol. The van der Waals surface area contributed by atoms with E-state index in [1.54, 1.807) is 11.1 Å². The van der Waals surface area contributed by atoms with Crippen LogP contribution in [0.5, 0.6) is 0 Å². The van der Waals surface area contributed by atoms with Crippen LogP contribution in [0.1, 0.15) is 48.3 Å². The van der Waals surface area contributed by atoms with Gasteiger partial charge < -0.3 is 15.2 Å². The summed E-state index contributed by atoms with van der Waals surface area (Å²) in [6, 6.07) is 8.25. The number of amides is 1. The van der Waals surface area contributed by atoms with Gasteiger partial charge in [-0.1, -0.05) is 49.3 Å². The second-order valence-electron chi connectivity index (χ2n) is 9.22. The smallest absolute Gasteiger partial charge is 0.263 e. The summed E-state index contributed by atoms with van der Waals surface area (Å²) in [7, 11) is 0. The number of nitrogens with zero attached hydrogens (tertiary/aromatic N) is 3. The number of halogens is 2. The van der Waals surface area contributed by atoms with Crippen LogP contribution in [0.4, 0.5) is 13.9 Å². The maximum absolute atomic E-state index is 13.3. The molecule has 1 unspecified atom stereocenters. The lowest BCUT2D eigenvalue weighted by Crippen LogP contribution is -2.49. The third-order valence-corrected chi connectivity index (χ3v) is 7.30. The number of rotatable bonds is 10. The van der Waals surface area contributed by atoms with Crippen molar-refractivity contribution in [1.29, 1.82) is 0 Å². The lowest BCUT2D eigenvalue weighted by atomic mass is 10.0. The van der Waals surface area contributed by atoms with Crippen LogP contribution in [0.2, 0.25) is 0 Å². The van der Waals surface area contributed by atoms with E-state index in [9.17, 15) is 13.6 Å². The van der Waals surface area contributed by atoms with E-state index in [0.29, 0.717) is 31.1 Å². The molecule has 0 spiro atoms. The highest BCUT2D eigenvalue weighted by atomic mass is 32.1. The van der Waals surface area contributed by atoms with E-state index >= 15 is 0 Å². The van der Waals surface area contributed by atoms with Crippen LogP contribution in [0.25, 0.3) is 10.9 Å². The van der Waals surface area contributed by atoms with Crippen LogP contribution in [0.3, 0.4) is 0 Å². The highest BCUT2D eigenvalue weighted by molar-refractivity contribution is 7.17. The molecule has 1 amide bonds. The van der Waals surface area contributed by atoms with Crippen molar-refractivity contribution < 1.29 is 13.6 Å². The Morgan fingerprint density at radius 2 is 2.03 bits per heavy atom. The molecule has 2 aromatic heterocycles. The fourth-order valence-electron chi connectivity index (χ4n) is 4.50.